The fourth-order valence-corrected chi connectivity index (χ4v) is 3.26. The first kappa shape index (κ1) is 16.4. The van der Waals surface area contributed by atoms with Crippen molar-refractivity contribution in [3.05, 3.63) is 58.0 Å². The highest BCUT2D eigenvalue weighted by atomic mass is 16.5. The molecule has 0 bridgehead atoms. The van der Waals surface area contributed by atoms with Crippen LogP contribution in [0, 0.1) is 4.91 Å². The Bertz CT molecular complexity index is 957. The maximum atomic E-state index is 10.7. The first-order chi connectivity index (χ1) is 12.5. The van der Waals surface area contributed by atoms with E-state index in [2.05, 4.69) is 17.3 Å². The molecule has 0 spiro atoms. The Morgan fingerprint density at radius 2 is 2.04 bits per heavy atom. The monoisotopic (exact) mass is 349 g/mol. The lowest BCUT2D eigenvalue weighted by Gasteiger charge is -2.30. The predicted molar refractivity (Wildman–Crippen MR) is 102 cm³/mol. The number of methoxy groups -OCH3 is 1. The van der Waals surface area contributed by atoms with Crippen LogP contribution in [0.2, 0.25) is 0 Å². The second-order valence-electron chi connectivity index (χ2n) is 6.87. The van der Waals surface area contributed by atoms with Crippen LogP contribution in [0.1, 0.15) is 30.5 Å². The average Bonchev–Trinajstić information content (AvgIpc) is 2.65. The Kier molecular flexibility index (Phi) is 3.80. The van der Waals surface area contributed by atoms with Crippen LogP contribution in [0.4, 0.5) is 5.69 Å². The Labute approximate surface area is 151 Å². The summed E-state index contributed by atoms with van der Waals surface area (Å²) < 4.78 is 17.5. The summed E-state index contributed by atoms with van der Waals surface area (Å²) in [5, 5.41) is 2.96. The topological polar surface area (TPSA) is 57.1 Å². The largest absolute Gasteiger partial charge is 0.496 e. The Morgan fingerprint density at radius 1 is 1.19 bits per heavy atom. The highest BCUT2D eigenvalue weighted by molar-refractivity contribution is 5.90. The lowest BCUT2D eigenvalue weighted by atomic mass is 9.95. The van der Waals surface area contributed by atoms with E-state index < -0.39 is 0 Å². The van der Waals surface area contributed by atoms with Crippen LogP contribution in [0.3, 0.4) is 0 Å². The molecule has 0 aliphatic carbocycles. The van der Waals surface area contributed by atoms with E-state index in [9.17, 15) is 4.91 Å². The molecule has 4 rings (SSSR count). The van der Waals surface area contributed by atoms with Crippen molar-refractivity contribution in [1.29, 1.82) is 0 Å². The molecular formula is C21H19NO4. The maximum absolute atomic E-state index is 10.7. The molecule has 0 fully saturated rings. The summed E-state index contributed by atoms with van der Waals surface area (Å²) in [6, 6.07) is 9.10. The summed E-state index contributed by atoms with van der Waals surface area (Å²) >= 11 is 0. The van der Waals surface area contributed by atoms with Crippen molar-refractivity contribution < 1.29 is 14.2 Å². The summed E-state index contributed by atoms with van der Waals surface area (Å²) in [6.45, 7) is 4.45. The van der Waals surface area contributed by atoms with Crippen LogP contribution in [0.15, 0.2) is 41.6 Å². The Balaban J connectivity index is 1.77. The van der Waals surface area contributed by atoms with Gasteiger partial charge >= 0.3 is 0 Å². The molecule has 26 heavy (non-hydrogen) atoms. The summed E-state index contributed by atoms with van der Waals surface area (Å²) in [5.74, 6) is 2.25. The van der Waals surface area contributed by atoms with Gasteiger partial charge in [0.15, 0.2) is 0 Å². The first-order valence-electron chi connectivity index (χ1n) is 8.41. The zero-order chi connectivity index (χ0) is 18.3. The number of fused-ring (bicyclic) bond motifs is 3. The van der Waals surface area contributed by atoms with E-state index in [0.717, 1.165) is 33.8 Å². The zero-order valence-corrected chi connectivity index (χ0v) is 14.9. The van der Waals surface area contributed by atoms with E-state index in [1.807, 2.05) is 38.1 Å². The third-order valence-electron chi connectivity index (χ3n) is 4.55. The van der Waals surface area contributed by atoms with Gasteiger partial charge in [0.2, 0.25) is 0 Å². The van der Waals surface area contributed by atoms with E-state index in [1.165, 1.54) is 0 Å². The van der Waals surface area contributed by atoms with Gasteiger partial charge in [0.1, 0.15) is 35.1 Å². The van der Waals surface area contributed by atoms with Crippen molar-refractivity contribution >= 4 is 23.4 Å². The molecule has 2 heterocycles. The van der Waals surface area contributed by atoms with Crippen LogP contribution in [0.5, 0.6) is 17.2 Å². The van der Waals surface area contributed by atoms with E-state index in [0.29, 0.717) is 18.0 Å². The number of hydrogen-bond donors (Lipinski definition) is 0. The first-order valence-corrected chi connectivity index (χ1v) is 8.41. The highest BCUT2D eigenvalue weighted by Crippen LogP contribution is 2.43. The average molecular weight is 349 g/mol. The number of ether oxygens (including phenoxy) is 3. The van der Waals surface area contributed by atoms with Crippen LogP contribution in [-0.4, -0.2) is 19.3 Å². The number of nitroso groups, excluding NO2 is 1. The number of benzene rings is 2. The second kappa shape index (κ2) is 6.02. The van der Waals surface area contributed by atoms with Crippen molar-refractivity contribution in [2.45, 2.75) is 19.4 Å². The highest BCUT2D eigenvalue weighted by Gasteiger charge is 2.26. The molecule has 0 amide bonds. The molecule has 0 N–H and O–H groups in total. The molecule has 0 aromatic heterocycles. The molecule has 0 unspecified atom stereocenters. The molecule has 132 valence electrons. The third-order valence-corrected chi connectivity index (χ3v) is 4.55. The minimum atomic E-state index is -0.321. The second-order valence-corrected chi connectivity index (χ2v) is 6.87. The van der Waals surface area contributed by atoms with Crippen LogP contribution >= 0.6 is 0 Å². The SMILES string of the molecule is COc1cc(N=O)ccc1C1=Cc2ccc3c(c2OC1)C=CC(C)(C)O3. The van der Waals surface area contributed by atoms with Gasteiger partial charge < -0.3 is 14.2 Å². The van der Waals surface area contributed by atoms with Crippen LogP contribution in [-0.2, 0) is 0 Å². The minimum Gasteiger partial charge on any atom is -0.496 e. The van der Waals surface area contributed by atoms with E-state index in [1.54, 1.807) is 19.2 Å². The van der Waals surface area contributed by atoms with Crippen LogP contribution in [0.25, 0.3) is 17.7 Å². The van der Waals surface area contributed by atoms with Crippen molar-refractivity contribution in [2.75, 3.05) is 13.7 Å². The van der Waals surface area contributed by atoms with Crippen LogP contribution < -0.4 is 14.2 Å². The van der Waals surface area contributed by atoms with Gasteiger partial charge in [-0.05, 0) is 61.5 Å². The lowest BCUT2D eigenvalue weighted by Crippen LogP contribution is -2.27. The summed E-state index contributed by atoms with van der Waals surface area (Å²) in [5.41, 5.74) is 3.83. The lowest BCUT2D eigenvalue weighted by molar-refractivity contribution is 0.158. The van der Waals surface area contributed by atoms with Gasteiger partial charge in [0.25, 0.3) is 0 Å². The van der Waals surface area contributed by atoms with Gasteiger partial charge in [-0.1, -0.05) is 0 Å². The minimum absolute atomic E-state index is 0.321. The molecule has 0 saturated carbocycles. The number of nitrogens with zero attached hydrogens (tertiary/aromatic N) is 1. The van der Waals surface area contributed by atoms with Gasteiger partial charge in [0, 0.05) is 22.8 Å². The number of hydrogen-bond acceptors (Lipinski definition) is 5. The molecule has 2 aromatic rings. The maximum Gasteiger partial charge on any atom is 0.137 e. The molecular weight excluding hydrogens is 330 g/mol. The molecule has 2 aromatic carbocycles. The third kappa shape index (κ3) is 2.75. The molecule has 2 aliphatic heterocycles. The number of rotatable bonds is 3. The smallest absolute Gasteiger partial charge is 0.137 e. The van der Waals surface area contributed by atoms with Gasteiger partial charge in [-0.3, -0.25) is 0 Å². The van der Waals surface area contributed by atoms with Crippen molar-refractivity contribution in [1.82, 2.24) is 0 Å². The van der Waals surface area contributed by atoms with Crippen molar-refractivity contribution in [3.8, 4) is 17.2 Å². The molecule has 0 radical (unpaired) electrons. The molecule has 5 nitrogen and oxygen atoms in total. The predicted octanol–water partition coefficient (Wildman–Crippen LogP) is 5.21. The zero-order valence-electron chi connectivity index (χ0n) is 14.9. The van der Waals surface area contributed by atoms with E-state index in [4.69, 9.17) is 14.2 Å². The molecule has 0 atom stereocenters. The molecule has 2 aliphatic rings. The summed E-state index contributed by atoms with van der Waals surface area (Å²) in [7, 11) is 1.58. The van der Waals surface area contributed by atoms with Gasteiger partial charge in [0.05, 0.1) is 12.7 Å². The van der Waals surface area contributed by atoms with Gasteiger partial charge in [-0.2, -0.15) is 0 Å². The fourth-order valence-electron chi connectivity index (χ4n) is 3.26. The van der Waals surface area contributed by atoms with Gasteiger partial charge in [-0.15, -0.1) is 4.91 Å². The van der Waals surface area contributed by atoms with E-state index >= 15 is 0 Å². The fraction of sp³-hybridized carbons (Fsp3) is 0.238. The summed E-state index contributed by atoms with van der Waals surface area (Å²) in [6.07, 6.45) is 6.17. The standard InChI is InChI=1S/C21H19NO4/c1-21(2)9-8-17-18(26-21)7-4-13-10-14(12-25-20(13)17)16-6-5-15(22-23)11-19(16)24-3/h4-11H,12H2,1-3H3. The van der Waals surface area contributed by atoms with E-state index in [-0.39, 0.29) is 5.60 Å². The summed E-state index contributed by atoms with van der Waals surface area (Å²) in [4.78, 5) is 10.7. The quantitative estimate of drug-likeness (QED) is 0.714. The Hall–Kier alpha value is -3.08. The van der Waals surface area contributed by atoms with Crippen molar-refractivity contribution in [2.24, 2.45) is 5.18 Å². The molecule has 5 heteroatoms. The molecule has 0 saturated heterocycles. The van der Waals surface area contributed by atoms with Gasteiger partial charge in [-0.25, -0.2) is 0 Å². The van der Waals surface area contributed by atoms with Crippen molar-refractivity contribution in [3.63, 3.8) is 0 Å². The Morgan fingerprint density at radius 3 is 2.81 bits per heavy atom. The normalized spacial score (nSPS) is 16.5.